The van der Waals surface area contributed by atoms with Gasteiger partial charge in [0.2, 0.25) is 5.95 Å². The minimum absolute atomic E-state index is 0.113. The number of aromatic nitrogens is 5. The second-order valence-corrected chi connectivity index (χ2v) is 5.78. The van der Waals surface area contributed by atoms with Crippen LogP contribution in [0.25, 0.3) is 5.65 Å². The Kier molecular flexibility index (Phi) is 4.32. The molecule has 0 aliphatic carbocycles. The number of ether oxygens (including phenoxy) is 1. The highest BCUT2D eigenvalue weighted by Gasteiger charge is 2.09. The third kappa shape index (κ3) is 3.55. The van der Waals surface area contributed by atoms with Gasteiger partial charge in [-0.1, -0.05) is 17.7 Å². The number of halogens is 2. The number of anilines is 2. The molecule has 7 nitrogen and oxygen atoms in total. The summed E-state index contributed by atoms with van der Waals surface area (Å²) in [6, 6.07) is 13.6. The van der Waals surface area contributed by atoms with Gasteiger partial charge in [-0.2, -0.15) is 8.91 Å². The topological polar surface area (TPSA) is 77.2 Å². The van der Waals surface area contributed by atoms with Gasteiger partial charge < -0.3 is 10.1 Å². The lowest BCUT2D eigenvalue weighted by Gasteiger charge is -2.07. The van der Waals surface area contributed by atoms with Crippen molar-refractivity contribution >= 4 is 28.8 Å². The molecule has 0 saturated heterocycles. The average Bonchev–Trinajstić information content (AvgIpc) is 3.04. The second-order valence-electron chi connectivity index (χ2n) is 5.35. The summed E-state index contributed by atoms with van der Waals surface area (Å²) < 4.78 is 20.0. The Morgan fingerprint density at radius 3 is 2.85 bits per heavy atom. The van der Waals surface area contributed by atoms with Crippen molar-refractivity contribution in [1.82, 2.24) is 24.8 Å². The fourth-order valence-electron chi connectivity index (χ4n) is 2.30. The molecule has 26 heavy (non-hydrogen) atoms. The number of nitrogens with zero attached hydrogens (tertiary/aromatic N) is 5. The predicted molar refractivity (Wildman–Crippen MR) is 94.0 cm³/mol. The zero-order valence-corrected chi connectivity index (χ0v) is 14.1. The van der Waals surface area contributed by atoms with Gasteiger partial charge in [-0.15, -0.1) is 15.3 Å². The van der Waals surface area contributed by atoms with Gasteiger partial charge >= 0.3 is 0 Å². The molecule has 0 aliphatic rings. The Labute approximate surface area is 152 Å². The highest BCUT2D eigenvalue weighted by Crippen LogP contribution is 2.19. The molecule has 3 heterocycles. The van der Waals surface area contributed by atoms with Crippen molar-refractivity contribution in [3.05, 3.63) is 71.5 Å². The number of hydrogen-bond acceptors (Lipinski definition) is 6. The number of rotatable bonds is 5. The van der Waals surface area contributed by atoms with E-state index in [1.54, 1.807) is 28.8 Å². The fraction of sp³-hybridized carbons (Fsp3) is 0.0588. The van der Waals surface area contributed by atoms with Crippen molar-refractivity contribution in [1.29, 1.82) is 0 Å². The smallest absolute Gasteiger partial charge is 0.213 e. The molecule has 0 saturated carbocycles. The zero-order valence-electron chi connectivity index (χ0n) is 13.3. The Bertz CT molecular complexity index is 1050. The molecule has 0 atom stereocenters. The van der Waals surface area contributed by atoms with Crippen LogP contribution in [0.1, 0.15) is 5.82 Å². The zero-order chi connectivity index (χ0) is 17.9. The Morgan fingerprint density at radius 1 is 1.12 bits per heavy atom. The highest BCUT2D eigenvalue weighted by atomic mass is 35.5. The first-order chi connectivity index (χ1) is 12.7. The van der Waals surface area contributed by atoms with Crippen LogP contribution >= 0.6 is 11.6 Å². The van der Waals surface area contributed by atoms with Crippen molar-refractivity contribution in [3.63, 3.8) is 0 Å². The van der Waals surface area contributed by atoms with E-state index in [0.29, 0.717) is 28.1 Å². The quantitative estimate of drug-likeness (QED) is 0.540. The number of benzene rings is 1. The van der Waals surface area contributed by atoms with Crippen LogP contribution in [0.4, 0.5) is 15.9 Å². The monoisotopic (exact) mass is 370 g/mol. The molecular formula is C17H12ClFN6O. The Balaban J connectivity index is 1.55. The molecule has 4 rings (SSSR count). The largest absolute Gasteiger partial charge is 0.484 e. The van der Waals surface area contributed by atoms with Crippen LogP contribution in [-0.2, 0) is 6.61 Å². The van der Waals surface area contributed by atoms with Crippen LogP contribution in [0, 0.1) is 5.95 Å². The summed E-state index contributed by atoms with van der Waals surface area (Å²) in [5, 5.41) is 16.4. The Hall–Kier alpha value is -3.26. The van der Waals surface area contributed by atoms with Gasteiger partial charge in [0.25, 0.3) is 0 Å². The number of pyridine rings is 1. The molecule has 4 aromatic rings. The second kappa shape index (κ2) is 6.93. The summed E-state index contributed by atoms with van der Waals surface area (Å²) in [5.74, 6) is 0.961. The molecule has 0 bridgehead atoms. The van der Waals surface area contributed by atoms with Crippen LogP contribution in [0.2, 0.25) is 5.02 Å². The van der Waals surface area contributed by atoms with E-state index in [1.165, 1.54) is 18.3 Å². The van der Waals surface area contributed by atoms with Gasteiger partial charge in [0.15, 0.2) is 17.3 Å². The molecule has 0 fully saturated rings. The van der Waals surface area contributed by atoms with E-state index >= 15 is 0 Å². The summed E-state index contributed by atoms with van der Waals surface area (Å²) in [7, 11) is 0. The van der Waals surface area contributed by atoms with Crippen molar-refractivity contribution in [2.75, 3.05) is 5.32 Å². The lowest BCUT2D eigenvalue weighted by atomic mass is 10.3. The molecule has 0 radical (unpaired) electrons. The molecule has 0 unspecified atom stereocenters. The summed E-state index contributed by atoms with van der Waals surface area (Å²) in [4.78, 5) is 3.54. The molecular weight excluding hydrogens is 359 g/mol. The lowest BCUT2D eigenvalue weighted by Crippen LogP contribution is -2.06. The summed E-state index contributed by atoms with van der Waals surface area (Å²) >= 11 is 5.99. The summed E-state index contributed by atoms with van der Waals surface area (Å²) in [5.41, 5.74) is 1.39. The summed E-state index contributed by atoms with van der Waals surface area (Å²) in [6.07, 6.45) is 1.30. The summed E-state index contributed by atoms with van der Waals surface area (Å²) in [6.45, 7) is 0.113. The van der Waals surface area contributed by atoms with Crippen LogP contribution in [-0.4, -0.2) is 24.8 Å². The number of hydrogen-bond donors (Lipinski definition) is 1. The van der Waals surface area contributed by atoms with E-state index in [1.807, 2.05) is 12.1 Å². The molecule has 0 aliphatic heterocycles. The standard InChI is InChI=1S/C17H12ClFN6O/c18-11-2-1-3-12(8-11)21-15-6-7-16-22-23-17(25(16)24-15)10-26-13-4-5-14(19)20-9-13/h1-9H,10H2,(H,21,24). The number of fused-ring (bicyclic) bond motifs is 1. The van der Waals surface area contributed by atoms with Gasteiger partial charge in [0.1, 0.15) is 12.4 Å². The van der Waals surface area contributed by atoms with Crippen molar-refractivity contribution in [3.8, 4) is 5.75 Å². The van der Waals surface area contributed by atoms with Gasteiger partial charge in [-0.25, -0.2) is 4.98 Å². The van der Waals surface area contributed by atoms with Gasteiger partial charge in [0.05, 0.1) is 6.20 Å². The molecule has 1 N–H and O–H groups in total. The normalized spacial score (nSPS) is 10.8. The maximum Gasteiger partial charge on any atom is 0.213 e. The average molecular weight is 371 g/mol. The van der Waals surface area contributed by atoms with Crippen LogP contribution in [0.5, 0.6) is 5.75 Å². The van der Waals surface area contributed by atoms with E-state index in [-0.39, 0.29) is 6.61 Å². The van der Waals surface area contributed by atoms with Gasteiger partial charge in [-0.3, -0.25) is 0 Å². The fourth-order valence-corrected chi connectivity index (χ4v) is 2.49. The first-order valence-electron chi connectivity index (χ1n) is 7.66. The lowest BCUT2D eigenvalue weighted by molar-refractivity contribution is 0.290. The predicted octanol–water partition coefficient (Wildman–Crippen LogP) is 3.63. The van der Waals surface area contributed by atoms with Crippen molar-refractivity contribution in [2.45, 2.75) is 6.61 Å². The molecule has 1 aromatic carbocycles. The van der Waals surface area contributed by atoms with Crippen molar-refractivity contribution < 1.29 is 9.13 Å². The van der Waals surface area contributed by atoms with Crippen molar-refractivity contribution in [2.24, 2.45) is 0 Å². The van der Waals surface area contributed by atoms with Crippen LogP contribution in [0.3, 0.4) is 0 Å². The van der Waals surface area contributed by atoms with Crippen LogP contribution in [0.15, 0.2) is 54.7 Å². The maximum atomic E-state index is 12.8. The van der Waals surface area contributed by atoms with E-state index in [9.17, 15) is 4.39 Å². The molecule has 9 heteroatoms. The molecule has 0 amide bonds. The highest BCUT2D eigenvalue weighted by molar-refractivity contribution is 6.30. The van der Waals surface area contributed by atoms with Gasteiger partial charge in [-0.05, 0) is 42.5 Å². The van der Waals surface area contributed by atoms with E-state index < -0.39 is 5.95 Å². The minimum atomic E-state index is -0.566. The minimum Gasteiger partial charge on any atom is -0.484 e. The maximum absolute atomic E-state index is 12.8. The third-order valence-corrected chi connectivity index (χ3v) is 3.73. The Morgan fingerprint density at radius 2 is 2.04 bits per heavy atom. The third-order valence-electron chi connectivity index (χ3n) is 3.49. The SMILES string of the molecule is Fc1ccc(OCc2nnc3ccc(Nc4cccc(Cl)c4)nn23)cn1. The first kappa shape index (κ1) is 16.2. The molecule has 130 valence electrons. The molecule has 3 aromatic heterocycles. The van der Waals surface area contributed by atoms with Gasteiger partial charge in [0, 0.05) is 10.7 Å². The number of nitrogens with one attached hydrogen (secondary N) is 1. The van der Waals surface area contributed by atoms with E-state index in [2.05, 4.69) is 25.6 Å². The van der Waals surface area contributed by atoms with E-state index in [4.69, 9.17) is 16.3 Å². The molecule has 0 spiro atoms. The first-order valence-corrected chi connectivity index (χ1v) is 8.03. The van der Waals surface area contributed by atoms with E-state index in [0.717, 1.165) is 5.69 Å². The van der Waals surface area contributed by atoms with Crippen LogP contribution < -0.4 is 10.1 Å².